The summed E-state index contributed by atoms with van der Waals surface area (Å²) in [5.41, 5.74) is 2.64. The van der Waals surface area contributed by atoms with Crippen molar-refractivity contribution < 1.29 is 4.52 Å². The van der Waals surface area contributed by atoms with Crippen LogP contribution in [0, 0.1) is 0 Å². The highest BCUT2D eigenvalue weighted by Crippen LogP contribution is 2.56. The van der Waals surface area contributed by atoms with E-state index in [9.17, 15) is 0 Å². The lowest BCUT2D eigenvalue weighted by Crippen LogP contribution is -2.23. The Hall–Kier alpha value is -1.14. The SMILES string of the molecule is c1cnc2c(OP(C3CCCCC3)C3CCCCC3)cccc2c1. The summed E-state index contributed by atoms with van der Waals surface area (Å²) in [7, 11) is -0.386. The normalized spacial score (nSPS) is 20.5. The Morgan fingerprint density at radius 3 is 2.08 bits per heavy atom. The van der Waals surface area contributed by atoms with Gasteiger partial charge in [0.1, 0.15) is 11.3 Å². The van der Waals surface area contributed by atoms with Crippen LogP contribution in [-0.2, 0) is 0 Å². The highest BCUT2D eigenvalue weighted by Gasteiger charge is 2.34. The molecule has 1 heterocycles. The van der Waals surface area contributed by atoms with E-state index in [1.54, 1.807) is 0 Å². The van der Waals surface area contributed by atoms with Crippen molar-refractivity contribution in [3.63, 3.8) is 0 Å². The molecule has 0 bridgehead atoms. The molecule has 2 saturated carbocycles. The van der Waals surface area contributed by atoms with Crippen LogP contribution in [0.3, 0.4) is 0 Å². The lowest BCUT2D eigenvalue weighted by atomic mass is 10.00. The highest BCUT2D eigenvalue weighted by atomic mass is 31.1. The minimum atomic E-state index is -0.386. The van der Waals surface area contributed by atoms with Gasteiger partial charge in [0.15, 0.2) is 0 Å². The number of para-hydroxylation sites is 1. The second kappa shape index (κ2) is 7.83. The minimum absolute atomic E-state index is 0.386. The second-order valence-corrected chi connectivity index (χ2v) is 9.73. The lowest BCUT2D eigenvalue weighted by molar-refractivity contribution is 0.450. The lowest BCUT2D eigenvalue weighted by Gasteiger charge is -2.37. The van der Waals surface area contributed by atoms with Crippen molar-refractivity contribution in [1.82, 2.24) is 4.98 Å². The molecular formula is C21H28NOP. The van der Waals surface area contributed by atoms with E-state index < -0.39 is 0 Å². The zero-order chi connectivity index (χ0) is 16.2. The van der Waals surface area contributed by atoms with Crippen LogP contribution < -0.4 is 4.52 Å². The molecule has 0 N–H and O–H groups in total. The van der Waals surface area contributed by atoms with E-state index in [0.717, 1.165) is 22.6 Å². The van der Waals surface area contributed by atoms with Gasteiger partial charge in [-0.15, -0.1) is 0 Å². The predicted molar refractivity (Wildman–Crippen MR) is 103 cm³/mol. The van der Waals surface area contributed by atoms with Gasteiger partial charge in [0.2, 0.25) is 0 Å². The van der Waals surface area contributed by atoms with Crippen molar-refractivity contribution in [3.05, 3.63) is 36.5 Å². The van der Waals surface area contributed by atoms with Crippen LogP contribution in [0.2, 0.25) is 0 Å². The van der Waals surface area contributed by atoms with Crippen LogP contribution in [0.5, 0.6) is 5.75 Å². The van der Waals surface area contributed by atoms with Gasteiger partial charge in [0.05, 0.1) is 8.15 Å². The van der Waals surface area contributed by atoms with E-state index in [2.05, 4.69) is 29.2 Å². The standard InChI is InChI=1S/C21H28NOP/c1-3-11-18(12-4-1)24(19-13-5-2-6-14-19)23-20-15-7-9-17-10-8-16-22-21(17)20/h7-10,15-16,18-19H,1-6,11-14H2. The first-order valence-electron chi connectivity index (χ1n) is 9.72. The topological polar surface area (TPSA) is 22.1 Å². The van der Waals surface area contributed by atoms with E-state index in [1.807, 2.05) is 12.3 Å². The fraction of sp³-hybridized carbons (Fsp3) is 0.571. The number of fused-ring (bicyclic) bond motifs is 1. The smallest absolute Gasteiger partial charge is 0.149 e. The molecule has 0 amide bonds. The third-order valence-corrected chi connectivity index (χ3v) is 8.55. The van der Waals surface area contributed by atoms with Gasteiger partial charge < -0.3 is 4.52 Å². The molecule has 2 aliphatic rings. The fourth-order valence-corrected chi connectivity index (χ4v) is 7.40. The molecule has 3 heteroatoms. The molecule has 2 nitrogen and oxygen atoms in total. The molecule has 2 aromatic rings. The van der Waals surface area contributed by atoms with Gasteiger partial charge in [-0.1, -0.05) is 56.7 Å². The second-order valence-electron chi connectivity index (χ2n) is 7.37. The fourth-order valence-electron chi connectivity index (χ4n) is 4.38. The molecule has 1 aromatic carbocycles. The zero-order valence-corrected chi connectivity index (χ0v) is 15.4. The Labute approximate surface area is 146 Å². The number of hydrogen-bond acceptors (Lipinski definition) is 2. The summed E-state index contributed by atoms with van der Waals surface area (Å²) in [6.07, 6.45) is 15.8. The number of nitrogens with zero attached hydrogens (tertiary/aromatic N) is 1. The van der Waals surface area contributed by atoms with Crippen LogP contribution >= 0.6 is 8.15 Å². The summed E-state index contributed by atoms with van der Waals surface area (Å²) in [4.78, 5) is 4.61. The number of benzene rings is 1. The molecule has 4 rings (SSSR count). The monoisotopic (exact) mass is 341 g/mol. The summed E-state index contributed by atoms with van der Waals surface area (Å²) >= 11 is 0. The molecule has 128 valence electrons. The first-order valence-corrected chi connectivity index (χ1v) is 11.1. The zero-order valence-electron chi connectivity index (χ0n) is 14.5. The number of pyridine rings is 1. The van der Waals surface area contributed by atoms with E-state index in [-0.39, 0.29) is 8.15 Å². The molecule has 0 aliphatic heterocycles. The van der Waals surface area contributed by atoms with Crippen molar-refractivity contribution in [3.8, 4) is 5.75 Å². The molecule has 1 aromatic heterocycles. The van der Waals surface area contributed by atoms with Crippen LogP contribution in [-0.4, -0.2) is 16.3 Å². The minimum Gasteiger partial charge on any atom is -0.471 e. The highest BCUT2D eigenvalue weighted by molar-refractivity contribution is 7.54. The van der Waals surface area contributed by atoms with Gasteiger partial charge in [0, 0.05) is 22.9 Å². The average Bonchev–Trinajstić information content (AvgIpc) is 2.67. The van der Waals surface area contributed by atoms with Crippen molar-refractivity contribution >= 4 is 19.1 Å². The van der Waals surface area contributed by atoms with E-state index in [4.69, 9.17) is 4.52 Å². The molecule has 0 atom stereocenters. The van der Waals surface area contributed by atoms with Crippen molar-refractivity contribution in [1.29, 1.82) is 0 Å². The quantitative estimate of drug-likeness (QED) is 0.579. The van der Waals surface area contributed by atoms with Crippen LogP contribution in [0.1, 0.15) is 64.2 Å². The summed E-state index contributed by atoms with van der Waals surface area (Å²) < 4.78 is 6.81. The maximum Gasteiger partial charge on any atom is 0.149 e. The number of aromatic nitrogens is 1. The summed E-state index contributed by atoms with van der Waals surface area (Å²) in [5, 5.41) is 1.19. The number of hydrogen-bond donors (Lipinski definition) is 0. The summed E-state index contributed by atoms with van der Waals surface area (Å²) in [6.45, 7) is 0. The van der Waals surface area contributed by atoms with E-state index in [0.29, 0.717) is 0 Å². The van der Waals surface area contributed by atoms with E-state index >= 15 is 0 Å². The van der Waals surface area contributed by atoms with Crippen molar-refractivity contribution in [2.75, 3.05) is 0 Å². The Kier molecular flexibility index (Phi) is 5.33. The molecule has 2 fully saturated rings. The third-order valence-electron chi connectivity index (χ3n) is 5.67. The van der Waals surface area contributed by atoms with Gasteiger partial charge >= 0.3 is 0 Å². The average molecular weight is 341 g/mol. The van der Waals surface area contributed by atoms with Gasteiger partial charge in [0.25, 0.3) is 0 Å². The summed E-state index contributed by atoms with van der Waals surface area (Å²) in [5.74, 6) is 1.02. The van der Waals surface area contributed by atoms with E-state index in [1.165, 1.54) is 69.6 Å². The molecule has 2 aliphatic carbocycles. The van der Waals surface area contributed by atoms with Gasteiger partial charge in [-0.25, -0.2) is 0 Å². The molecule has 0 spiro atoms. The maximum absolute atomic E-state index is 6.81. The molecule has 0 unspecified atom stereocenters. The van der Waals surface area contributed by atoms with Gasteiger partial charge in [-0.05, 0) is 37.8 Å². The Bertz CT molecular complexity index is 638. The molecule has 0 radical (unpaired) electrons. The van der Waals surface area contributed by atoms with Crippen LogP contribution in [0.25, 0.3) is 10.9 Å². The van der Waals surface area contributed by atoms with Crippen LogP contribution in [0.15, 0.2) is 36.5 Å². The first kappa shape index (κ1) is 16.3. The largest absolute Gasteiger partial charge is 0.471 e. The molecular weight excluding hydrogens is 313 g/mol. The first-order chi connectivity index (χ1) is 11.9. The van der Waals surface area contributed by atoms with Crippen molar-refractivity contribution in [2.24, 2.45) is 0 Å². The summed E-state index contributed by atoms with van der Waals surface area (Å²) in [6, 6.07) is 10.5. The van der Waals surface area contributed by atoms with Crippen LogP contribution in [0.4, 0.5) is 0 Å². The third kappa shape index (κ3) is 3.59. The molecule has 24 heavy (non-hydrogen) atoms. The predicted octanol–water partition coefficient (Wildman–Crippen LogP) is 6.68. The number of rotatable bonds is 4. The molecule has 0 saturated heterocycles. The maximum atomic E-state index is 6.81. The Morgan fingerprint density at radius 2 is 1.42 bits per heavy atom. The van der Waals surface area contributed by atoms with Gasteiger partial charge in [-0.3, -0.25) is 4.98 Å². The van der Waals surface area contributed by atoms with Crippen molar-refractivity contribution in [2.45, 2.75) is 75.5 Å². The Morgan fingerprint density at radius 1 is 0.792 bits per heavy atom. The Balaban J connectivity index is 1.62. The van der Waals surface area contributed by atoms with Gasteiger partial charge in [-0.2, -0.15) is 0 Å².